The monoisotopic (exact) mass is 213 g/mol. The number of rotatable bonds is 0. The molecule has 2 aromatic heterocycles. The number of imidazole rings is 1. The second kappa shape index (κ2) is 4.93. The minimum absolute atomic E-state index is 0.0521. The van der Waals surface area contributed by atoms with E-state index in [1.54, 1.807) is 18.7 Å². The zero-order chi connectivity index (χ0) is 11.2. The lowest BCUT2D eigenvalue weighted by Crippen LogP contribution is -2.01. The first-order valence-electron chi connectivity index (χ1n) is 4.87. The van der Waals surface area contributed by atoms with Gasteiger partial charge in [0.2, 0.25) is 5.56 Å². The minimum Gasteiger partial charge on any atom is -0.351 e. The van der Waals surface area contributed by atoms with Gasteiger partial charge in [-0.25, -0.2) is 4.98 Å². The molecule has 0 atom stereocenters. The van der Waals surface area contributed by atoms with Crippen LogP contribution >= 0.6 is 0 Å². The van der Waals surface area contributed by atoms with Gasteiger partial charge in [0, 0.05) is 24.0 Å². The average molecular weight is 213 g/mol. The maximum Gasteiger partial charge on any atom is 0.248 e. The number of fused-ring (bicyclic) bond motifs is 1. The fourth-order valence-corrected chi connectivity index (χ4v) is 1.31. The zero-order valence-corrected chi connectivity index (χ0v) is 8.55. The van der Waals surface area contributed by atoms with Gasteiger partial charge in [0.25, 0.3) is 0 Å². The number of hydrogen-bond donors (Lipinski definition) is 2. The van der Waals surface area contributed by atoms with Crippen molar-refractivity contribution in [1.29, 1.82) is 0 Å². The van der Waals surface area contributed by atoms with Crippen molar-refractivity contribution in [3.8, 4) is 0 Å². The van der Waals surface area contributed by atoms with Crippen LogP contribution in [0.15, 0.2) is 59.9 Å². The van der Waals surface area contributed by atoms with E-state index in [2.05, 4.69) is 15.0 Å². The van der Waals surface area contributed by atoms with Crippen molar-refractivity contribution in [2.75, 3.05) is 0 Å². The number of hydrogen-bond acceptors (Lipinski definition) is 2. The van der Waals surface area contributed by atoms with Gasteiger partial charge in [-0.15, -0.1) is 0 Å². The number of nitrogens with zero attached hydrogens (tertiary/aromatic N) is 1. The van der Waals surface area contributed by atoms with Crippen LogP contribution in [-0.4, -0.2) is 15.0 Å². The number of H-pyrrole nitrogens is 2. The van der Waals surface area contributed by atoms with E-state index < -0.39 is 0 Å². The summed E-state index contributed by atoms with van der Waals surface area (Å²) in [7, 11) is 0. The second-order valence-corrected chi connectivity index (χ2v) is 3.17. The molecule has 0 saturated heterocycles. The predicted molar refractivity (Wildman–Crippen MR) is 63.2 cm³/mol. The van der Waals surface area contributed by atoms with Gasteiger partial charge in [-0.3, -0.25) is 4.79 Å². The van der Waals surface area contributed by atoms with Gasteiger partial charge in [0.05, 0.1) is 6.33 Å². The Bertz CT molecular complexity index is 582. The Kier molecular flexibility index (Phi) is 3.13. The SMILES string of the molecule is O=c1ccc2ccccc2[nH]1.c1c[nH]cn1. The molecule has 4 nitrogen and oxygen atoms in total. The third-order valence-electron chi connectivity index (χ3n) is 2.04. The molecule has 1 aromatic carbocycles. The van der Waals surface area contributed by atoms with Crippen molar-refractivity contribution in [2.24, 2.45) is 0 Å². The summed E-state index contributed by atoms with van der Waals surface area (Å²) in [6, 6.07) is 11.0. The molecule has 2 heterocycles. The summed E-state index contributed by atoms with van der Waals surface area (Å²) in [6.45, 7) is 0. The number of nitrogens with one attached hydrogen (secondary N) is 2. The Morgan fingerprint density at radius 2 is 1.94 bits per heavy atom. The maximum absolute atomic E-state index is 10.8. The van der Waals surface area contributed by atoms with Crippen LogP contribution < -0.4 is 5.56 Å². The Morgan fingerprint density at radius 1 is 1.06 bits per heavy atom. The molecule has 0 aliphatic carbocycles. The van der Waals surface area contributed by atoms with Crippen molar-refractivity contribution in [3.63, 3.8) is 0 Å². The smallest absolute Gasteiger partial charge is 0.248 e. The minimum atomic E-state index is -0.0521. The Morgan fingerprint density at radius 3 is 2.62 bits per heavy atom. The summed E-state index contributed by atoms with van der Waals surface area (Å²) in [5.41, 5.74) is 0.837. The first-order valence-corrected chi connectivity index (χ1v) is 4.87. The van der Waals surface area contributed by atoms with Crippen LogP contribution in [0.3, 0.4) is 0 Å². The van der Waals surface area contributed by atoms with Crippen LogP contribution in [0.5, 0.6) is 0 Å². The van der Waals surface area contributed by atoms with Gasteiger partial charge in [0.1, 0.15) is 0 Å². The molecule has 0 aliphatic heterocycles. The fraction of sp³-hybridized carbons (Fsp3) is 0. The van der Waals surface area contributed by atoms with E-state index >= 15 is 0 Å². The second-order valence-electron chi connectivity index (χ2n) is 3.17. The van der Waals surface area contributed by atoms with E-state index in [0.717, 1.165) is 10.9 Å². The molecule has 0 amide bonds. The van der Waals surface area contributed by atoms with E-state index in [0.29, 0.717) is 0 Å². The van der Waals surface area contributed by atoms with Crippen molar-refractivity contribution >= 4 is 10.9 Å². The maximum atomic E-state index is 10.8. The van der Waals surface area contributed by atoms with Gasteiger partial charge in [-0.1, -0.05) is 18.2 Å². The van der Waals surface area contributed by atoms with Crippen LogP contribution in [0.2, 0.25) is 0 Å². The molecule has 2 N–H and O–H groups in total. The van der Waals surface area contributed by atoms with Crippen LogP contribution in [0.25, 0.3) is 10.9 Å². The molecule has 3 rings (SSSR count). The Hall–Kier alpha value is -2.36. The van der Waals surface area contributed by atoms with E-state index in [-0.39, 0.29) is 5.56 Å². The predicted octanol–water partition coefficient (Wildman–Crippen LogP) is 1.94. The number of aromatic amines is 2. The Balaban J connectivity index is 0.000000162. The van der Waals surface area contributed by atoms with Gasteiger partial charge in [-0.05, 0) is 17.5 Å². The fourth-order valence-electron chi connectivity index (χ4n) is 1.31. The van der Waals surface area contributed by atoms with Crippen LogP contribution in [0.4, 0.5) is 0 Å². The summed E-state index contributed by atoms with van der Waals surface area (Å²) >= 11 is 0. The van der Waals surface area contributed by atoms with Crippen molar-refractivity contribution in [3.05, 3.63) is 65.5 Å². The Labute approximate surface area is 92.0 Å². The molecular formula is C12H11N3O. The van der Waals surface area contributed by atoms with E-state index in [9.17, 15) is 4.79 Å². The highest BCUT2D eigenvalue weighted by Gasteiger charge is 1.89. The average Bonchev–Trinajstić information content (AvgIpc) is 2.87. The van der Waals surface area contributed by atoms with Gasteiger partial charge < -0.3 is 9.97 Å². The molecule has 80 valence electrons. The first kappa shape index (κ1) is 10.2. The summed E-state index contributed by atoms with van der Waals surface area (Å²) in [6.07, 6.45) is 5.08. The molecule has 0 saturated carbocycles. The molecule has 16 heavy (non-hydrogen) atoms. The van der Waals surface area contributed by atoms with Crippen molar-refractivity contribution in [1.82, 2.24) is 15.0 Å². The number of para-hydroxylation sites is 1. The number of aromatic nitrogens is 3. The highest BCUT2D eigenvalue weighted by molar-refractivity contribution is 5.77. The molecular weight excluding hydrogens is 202 g/mol. The molecule has 3 aromatic rings. The third-order valence-corrected chi connectivity index (χ3v) is 2.04. The molecule has 4 heteroatoms. The lowest BCUT2D eigenvalue weighted by Gasteiger charge is -1.93. The topological polar surface area (TPSA) is 61.5 Å². The van der Waals surface area contributed by atoms with E-state index in [4.69, 9.17) is 0 Å². The normalized spacial score (nSPS) is 9.50. The number of benzene rings is 1. The summed E-state index contributed by atoms with van der Waals surface area (Å²) in [4.78, 5) is 20.0. The quantitative estimate of drug-likeness (QED) is 0.599. The number of pyridine rings is 1. The van der Waals surface area contributed by atoms with E-state index in [1.165, 1.54) is 6.07 Å². The van der Waals surface area contributed by atoms with Gasteiger partial charge in [0.15, 0.2) is 0 Å². The molecule has 0 bridgehead atoms. The summed E-state index contributed by atoms with van der Waals surface area (Å²) < 4.78 is 0. The molecule has 0 fully saturated rings. The highest BCUT2D eigenvalue weighted by Crippen LogP contribution is 2.06. The van der Waals surface area contributed by atoms with Crippen LogP contribution in [0, 0.1) is 0 Å². The third kappa shape index (κ3) is 2.57. The largest absolute Gasteiger partial charge is 0.351 e. The van der Waals surface area contributed by atoms with Gasteiger partial charge >= 0.3 is 0 Å². The van der Waals surface area contributed by atoms with Crippen LogP contribution in [-0.2, 0) is 0 Å². The molecule has 0 spiro atoms. The molecule has 0 radical (unpaired) electrons. The molecule has 0 aliphatic rings. The lowest BCUT2D eigenvalue weighted by molar-refractivity contribution is 1.31. The first-order chi connectivity index (χ1) is 7.86. The standard InChI is InChI=1S/C9H7NO.C3H4N2/c11-9-6-5-7-3-1-2-4-8(7)10-9;1-2-5-3-4-1/h1-6H,(H,10,11);1-3H,(H,4,5). The summed E-state index contributed by atoms with van der Waals surface area (Å²) in [5.74, 6) is 0. The van der Waals surface area contributed by atoms with Gasteiger partial charge in [-0.2, -0.15) is 0 Å². The van der Waals surface area contributed by atoms with Crippen molar-refractivity contribution in [2.45, 2.75) is 0 Å². The van der Waals surface area contributed by atoms with Crippen molar-refractivity contribution < 1.29 is 0 Å². The summed E-state index contributed by atoms with van der Waals surface area (Å²) in [5, 5.41) is 1.06. The molecule has 0 unspecified atom stereocenters. The lowest BCUT2D eigenvalue weighted by atomic mass is 10.2. The highest BCUT2D eigenvalue weighted by atomic mass is 16.1. The zero-order valence-electron chi connectivity index (χ0n) is 8.55. The van der Waals surface area contributed by atoms with Crippen LogP contribution in [0.1, 0.15) is 0 Å². The van der Waals surface area contributed by atoms with E-state index in [1.807, 2.05) is 30.3 Å².